The molecule has 4 nitrogen and oxygen atoms in total. The summed E-state index contributed by atoms with van der Waals surface area (Å²) in [5, 5.41) is 8.77. The van der Waals surface area contributed by atoms with Crippen LogP contribution in [0.4, 0.5) is 0 Å². The maximum atomic E-state index is 12.0. The Bertz CT molecular complexity index is 423. The largest absolute Gasteiger partial charge is 0.477 e. The van der Waals surface area contributed by atoms with Gasteiger partial charge in [0.05, 0.1) is 4.88 Å². The number of carboxylic acids is 1. The third-order valence-electron chi connectivity index (χ3n) is 2.97. The van der Waals surface area contributed by atoms with Gasteiger partial charge in [-0.3, -0.25) is 4.79 Å². The summed E-state index contributed by atoms with van der Waals surface area (Å²) >= 11 is 1.04. The van der Waals surface area contributed by atoms with Crippen molar-refractivity contribution in [2.24, 2.45) is 0 Å². The molecule has 1 aromatic heterocycles. The first-order valence-electron chi connectivity index (χ1n) is 5.20. The highest BCUT2D eigenvalue weighted by molar-refractivity contribution is 7.15. The van der Waals surface area contributed by atoms with Gasteiger partial charge in [0.25, 0.3) is 5.91 Å². The molecule has 1 fully saturated rings. The van der Waals surface area contributed by atoms with Crippen molar-refractivity contribution in [2.75, 3.05) is 7.05 Å². The molecular formula is C11H13NO3S. The maximum absolute atomic E-state index is 12.0. The van der Waals surface area contributed by atoms with Gasteiger partial charge in [-0.15, -0.1) is 11.3 Å². The highest BCUT2D eigenvalue weighted by Gasteiger charge is 2.27. The van der Waals surface area contributed by atoms with Crippen molar-refractivity contribution in [1.82, 2.24) is 4.90 Å². The van der Waals surface area contributed by atoms with Crippen LogP contribution in [0.3, 0.4) is 0 Å². The molecule has 1 saturated carbocycles. The lowest BCUT2D eigenvalue weighted by atomic mass is 9.92. The van der Waals surface area contributed by atoms with E-state index >= 15 is 0 Å². The minimum atomic E-state index is -0.977. The van der Waals surface area contributed by atoms with E-state index in [-0.39, 0.29) is 10.8 Å². The van der Waals surface area contributed by atoms with Crippen LogP contribution in [-0.2, 0) is 0 Å². The van der Waals surface area contributed by atoms with Gasteiger partial charge in [0.2, 0.25) is 0 Å². The van der Waals surface area contributed by atoms with E-state index in [1.807, 2.05) is 0 Å². The summed E-state index contributed by atoms with van der Waals surface area (Å²) in [4.78, 5) is 25.1. The Labute approximate surface area is 97.5 Å². The summed E-state index contributed by atoms with van der Waals surface area (Å²) in [6, 6.07) is 3.41. The van der Waals surface area contributed by atoms with E-state index in [9.17, 15) is 9.59 Å². The third kappa shape index (κ3) is 1.95. The standard InChI is InChI=1S/C11H13NO3S/c1-12(7-3-2-4-7)10(13)8-5-6-9(16-8)11(14)15/h5-7H,2-4H2,1H3,(H,14,15). The lowest BCUT2D eigenvalue weighted by molar-refractivity contribution is 0.0656. The average Bonchev–Trinajstić information content (AvgIpc) is 2.62. The molecule has 0 spiro atoms. The molecule has 0 radical (unpaired) electrons. The summed E-state index contributed by atoms with van der Waals surface area (Å²) in [5.74, 6) is -1.04. The van der Waals surface area contributed by atoms with Crippen LogP contribution in [0.5, 0.6) is 0 Å². The lowest BCUT2D eigenvalue weighted by Gasteiger charge is -2.34. The van der Waals surface area contributed by atoms with Crippen molar-refractivity contribution in [1.29, 1.82) is 0 Å². The van der Waals surface area contributed by atoms with E-state index in [1.165, 1.54) is 12.5 Å². The normalized spacial score (nSPS) is 15.6. The maximum Gasteiger partial charge on any atom is 0.345 e. The Morgan fingerprint density at radius 3 is 2.44 bits per heavy atom. The number of hydrogen-bond donors (Lipinski definition) is 1. The molecule has 0 aliphatic heterocycles. The molecule has 0 bridgehead atoms. The number of carboxylic acid groups (broad SMARTS) is 1. The van der Waals surface area contributed by atoms with E-state index in [2.05, 4.69) is 0 Å². The van der Waals surface area contributed by atoms with Crippen LogP contribution >= 0.6 is 11.3 Å². The van der Waals surface area contributed by atoms with Crippen LogP contribution in [0, 0.1) is 0 Å². The van der Waals surface area contributed by atoms with Crippen molar-refractivity contribution >= 4 is 23.2 Å². The molecule has 0 saturated heterocycles. The van der Waals surface area contributed by atoms with E-state index < -0.39 is 5.97 Å². The van der Waals surface area contributed by atoms with Gasteiger partial charge < -0.3 is 10.0 Å². The monoisotopic (exact) mass is 239 g/mol. The van der Waals surface area contributed by atoms with Gasteiger partial charge in [0.1, 0.15) is 4.88 Å². The molecule has 1 amide bonds. The zero-order valence-corrected chi connectivity index (χ0v) is 9.79. The summed E-state index contributed by atoms with van der Waals surface area (Å²) in [5.41, 5.74) is 0. The van der Waals surface area contributed by atoms with Gasteiger partial charge in [0, 0.05) is 13.1 Å². The van der Waals surface area contributed by atoms with Crippen LogP contribution in [0.15, 0.2) is 12.1 Å². The Balaban J connectivity index is 2.10. The first-order chi connectivity index (χ1) is 7.59. The second-order valence-corrected chi connectivity index (χ2v) is 5.05. The smallest absolute Gasteiger partial charge is 0.345 e. The molecule has 1 aromatic rings. The fourth-order valence-corrected chi connectivity index (χ4v) is 2.51. The zero-order chi connectivity index (χ0) is 11.7. The number of carbonyl (C=O) groups excluding carboxylic acids is 1. The zero-order valence-electron chi connectivity index (χ0n) is 8.97. The SMILES string of the molecule is CN(C(=O)c1ccc(C(=O)O)s1)C1CCC1. The predicted octanol–water partition coefficient (Wildman–Crippen LogP) is 2.07. The summed E-state index contributed by atoms with van der Waals surface area (Å²) in [6.45, 7) is 0. The molecule has 1 heterocycles. The average molecular weight is 239 g/mol. The Morgan fingerprint density at radius 2 is 2.00 bits per heavy atom. The molecule has 0 unspecified atom stereocenters. The molecule has 1 aliphatic rings. The van der Waals surface area contributed by atoms with Crippen LogP contribution in [-0.4, -0.2) is 35.0 Å². The van der Waals surface area contributed by atoms with Gasteiger partial charge in [0.15, 0.2) is 0 Å². The minimum absolute atomic E-state index is 0.0674. The molecule has 0 aromatic carbocycles. The second-order valence-electron chi connectivity index (χ2n) is 3.97. The van der Waals surface area contributed by atoms with Crippen molar-refractivity contribution in [2.45, 2.75) is 25.3 Å². The number of aromatic carboxylic acids is 1. The fourth-order valence-electron chi connectivity index (χ4n) is 1.68. The van der Waals surface area contributed by atoms with E-state index in [1.54, 1.807) is 18.0 Å². The van der Waals surface area contributed by atoms with Gasteiger partial charge in [-0.2, -0.15) is 0 Å². The fraction of sp³-hybridized carbons (Fsp3) is 0.455. The van der Waals surface area contributed by atoms with Gasteiger partial charge in [-0.25, -0.2) is 4.79 Å². The number of rotatable bonds is 3. The topological polar surface area (TPSA) is 57.6 Å². The van der Waals surface area contributed by atoms with Crippen LogP contribution < -0.4 is 0 Å². The lowest BCUT2D eigenvalue weighted by Crippen LogP contribution is -2.40. The van der Waals surface area contributed by atoms with Gasteiger partial charge in [-0.05, 0) is 31.4 Å². The second kappa shape index (κ2) is 4.25. The summed E-state index contributed by atoms with van der Waals surface area (Å²) in [7, 11) is 1.78. The van der Waals surface area contributed by atoms with Crippen molar-refractivity contribution < 1.29 is 14.7 Å². The van der Waals surface area contributed by atoms with Crippen molar-refractivity contribution in [3.8, 4) is 0 Å². The van der Waals surface area contributed by atoms with Crippen molar-refractivity contribution in [3.05, 3.63) is 21.9 Å². The number of nitrogens with zero attached hydrogens (tertiary/aromatic N) is 1. The van der Waals surface area contributed by atoms with E-state index in [4.69, 9.17) is 5.11 Å². The first kappa shape index (κ1) is 11.1. The minimum Gasteiger partial charge on any atom is -0.477 e. The Morgan fingerprint density at radius 1 is 1.38 bits per heavy atom. The molecule has 86 valence electrons. The van der Waals surface area contributed by atoms with Gasteiger partial charge >= 0.3 is 5.97 Å². The summed E-state index contributed by atoms with van der Waals surface area (Å²) in [6.07, 6.45) is 3.28. The number of thiophene rings is 1. The number of carbonyl (C=O) groups is 2. The molecule has 16 heavy (non-hydrogen) atoms. The van der Waals surface area contributed by atoms with Crippen LogP contribution in [0.25, 0.3) is 0 Å². The first-order valence-corrected chi connectivity index (χ1v) is 6.01. The Kier molecular flexibility index (Phi) is 2.96. The van der Waals surface area contributed by atoms with E-state index in [0.29, 0.717) is 10.9 Å². The molecule has 1 aliphatic carbocycles. The highest BCUT2D eigenvalue weighted by atomic mass is 32.1. The summed E-state index contributed by atoms with van der Waals surface area (Å²) < 4.78 is 0. The van der Waals surface area contributed by atoms with Crippen molar-refractivity contribution in [3.63, 3.8) is 0 Å². The van der Waals surface area contributed by atoms with Gasteiger partial charge in [-0.1, -0.05) is 0 Å². The van der Waals surface area contributed by atoms with E-state index in [0.717, 1.165) is 24.2 Å². The molecule has 1 N–H and O–H groups in total. The number of hydrogen-bond acceptors (Lipinski definition) is 3. The molecule has 5 heteroatoms. The number of amides is 1. The molecular weight excluding hydrogens is 226 g/mol. The molecule has 0 atom stereocenters. The van der Waals surface area contributed by atoms with Crippen LogP contribution in [0.1, 0.15) is 38.6 Å². The quantitative estimate of drug-likeness (QED) is 0.878. The highest BCUT2D eigenvalue weighted by Crippen LogP contribution is 2.26. The Hall–Kier alpha value is -1.36. The third-order valence-corrected chi connectivity index (χ3v) is 4.03. The predicted molar refractivity (Wildman–Crippen MR) is 61.0 cm³/mol. The van der Waals surface area contributed by atoms with Crippen LogP contribution in [0.2, 0.25) is 0 Å². The molecule has 2 rings (SSSR count).